The summed E-state index contributed by atoms with van der Waals surface area (Å²) in [5.74, 6) is 1.06. The predicted octanol–water partition coefficient (Wildman–Crippen LogP) is 2.77. The Hall–Kier alpha value is -1.06. The van der Waals surface area contributed by atoms with Gasteiger partial charge >= 0.3 is 0 Å². The molecular formula is C17H28N2O. The van der Waals surface area contributed by atoms with E-state index in [0.29, 0.717) is 5.75 Å². The number of phenolic OH excluding ortho intramolecular Hbond substituents is 1. The Labute approximate surface area is 122 Å². The van der Waals surface area contributed by atoms with Crippen LogP contribution in [0.4, 0.5) is 0 Å². The Bertz CT molecular complexity index is 429. The van der Waals surface area contributed by atoms with Gasteiger partial charge in [-0.2, -0.15) is 0 Å². The Kier molecular flexibility index (Phi) is 4.71. The molecule has 112 valence electrons. The van der Waals surface area contributed by atoms with Crippen LogP contribution in [0.25, 0.3) is 0 Å². The van der Waals surface area contributed by atoms with Crippen LogP contribution in [0.5, 0.6) is 5.75 Å². The SMILES string of the molecule is CC1CCCC(C(N)Cc2ccc(O)cc2)(N(C)C)C1. The monoisotopic (exact) mass is 276 g/mol. The van der Waals surface area contributed by atoms with Gasteiger partial charge in [-0.15, -0.1) is 0 Å². The molecule has 20 heavy (non-hydrogen) atoms. The highest BCUT2D eigenvalue weighted by Crippen LogP contribution is 2.38. The normalized spacial score (nSPS) is 28.6. The summed E-state index contributed by atoms with van der Waals surface area (Å²) in [5.41, 5.74) is 7.92. The van der Waals surface area contributed by atoms with Crippen LogP contribution in [0, 0.1) is 5.92 Å². The first-order chi connectivity index (χ1) is 9.44. The van der Waals surface area contributed by atoms with Crippen LogP contribution in [0.15, 0.2) is 24.3 Å². The fraction of sp³-hybridized carbons (Fsp3) is 0.647. The third-order valence-electron chi connectivity index (χ3n) is 4.98. The third kappa shape index (κ3) is 3.15. The number of phenols is 1. The molecule has 0 bridgehead atoms. The summed E-state index contributed by atoms with van der Waals surface area (Å²) >= 11 is 0. The molecule has 3 nitrogen and oxygen atoms in total. The smallest absolute Gasteiger partial charge is 0.115 e. The Morgan fingerprint density at radius 1 is 1.35 bits per heavy atom. The summed E-state index contributed by atoms with van der Waals surface area (Å²) < 4.78 is 0. The topological polar surface area (TPSA) is 49.5 Å². The summed E-state index contributed by atoms with van der Waals surface area (Å²) in [4.78, 5) is 2.34. The van der Waals surface area contributed by atoms with Crippen molar-refractivity contribution in [1.82, 2.24) is 4.90 Å². The van der Waals surface area contributed by atoms with Crippen molar-refractivity contribution in [2.45, 2.75) is 50.6 Å². The molecule has 3 heteroatoms. The molecule has 0 aliphatic heterocycles. The molecule has 2 rings (SSSR count). The minimum absolute atomic E-state index is 0.107. The number of benzene rings is 1. The van der Waals surface area contributed by atoms with E-state index in [1.807, 2.05) is 12.1 Å². The first kappa shape index (κ1) is 15.3. The van der Waals surface area contributed by atoms with Crippen LogP contribution < -0.4 is 5.73 Å². The second-order valence-corrected chi connectivity index (χ2v) is 6.68. The van der Waals surface area contributed by atoms with Gasteiger partial charge in [0.05, 0.1) is 0 Å². The summed E-state index contributed by atoms with van der Waals surface area (Å²) in [6.45, 7) is 2.34. The van der Waals surface area contributed by atoms with Crippen LogP contribution >= 0.6 is 0 Å². The predicted molar refractivity (Wildman–Crippen MR) is 83.8 cm³/mol. The average molecular weight is 276 g/mol. The van der Waals surface area contributed by atoms with Crippen molar-refractivity contribution in [3.63, 3.8) is 0 Å². The molecule has 1 aliphatic rings. The lowest BCUT2D eigenvalue weighted by Crippen LogP contribution is -2.60. The maximum absolute atomic E-state index is 9.37. The van der Waals surface area contributed by atoms with Crippen LogP contribution in [-0.4, -0.2) is 35.7 Å². The van der Waals surface area contributed by atoms with Gasteiger partial charge in [-0.05, 0) is 57.0 Å². The summed E-state index contributed by atoms with van der Waals surface area (Å²) in [6.07, 6.45) is 5.82. The molecule has 0 saturated heterocycles. The minimum Gasteiger partial charge on any atom is -0.508 e. The Balaban J connectivity index is 2.14. The van der Waals surface area contributed by atoms with E-state index in [4.69, 9.17) is 5.73 Å². The summed E-state index contributed by atoms with van der Waals surface area (Å²) in [5, 5.41) is 9.37. The second kappa shape index (κ2) is 6.15. The molecule has 1 aliphatic carbocycles. The standard InChI is InChI=1S/C17H28N2O/c1-13-5-4-10-17(12-13,19(2)3)16(18)11-14-6-8-15(20)9-7-14/h6-9,13,16,20H,4-5,10-12,18H2,1-3H3. The molecular weight excluding hydrogens is 248 g/mol. The number of hydrogen-bond acceptors (Lipinski definition) is 3. The van der Waals surface area contributed by atoms with E-state index in [0.717, 1.165) is 12.3 Å². The number of nitrogens with two attached hydrogens (primary N) is 1. The first-order valence-corrected chi connectivity index (χ1v) is 7.65. The van der Waals surface area contributed by atoms with Gasteiger partial charge < -0.3 is 15.7 Å². The molecule has 3 atom stereocenters. The lowest BCUT2D eigenvalue weighted by Gasteiger charge is -2.49. The molecule has 3 N–H and O–H groups in total. The van der Waals surface area contributed by atoms with Crippen molar-refractivity contribution < 1.29 is 5.11 Å². The van der Waals surface area contributed by atoms with Crippen molar-refractivity contribution >= 4 is 0 Å². The van der Waals surface area contributed by atoms with Gasteiger partial charge in [-0.25, -0.2) is 0 Å². The Morgan fingerprint density at radius 2 is 2.00 bits per heavy atom. The zero-order valence-electron chi connectivity index (χ0n) is 13.0. The van der Waals surface area contributed by atoms with Gasteiger partial charge in [-0.1, -0.05) is 31.9 Å². The summed E-state index contributed by atoms with van der Waals surface area (Å²) in [7, 11) is 4.32. The van der Waals surface area contributed by atoms with Gasteiger partial charge in [0.1, 0.15) is 5.75 Å². The van der Waals surface area contributed by atoms with Crippen molar-refractivity contribution in [1.29, 1.82) is 0 Å². The maximum Gasteiger partial charge on any atom is 0.115 e. The van der Waals surface area contributed by atoms with Crippen molar-refractivity contribution in [2.75, 3.05) is 14.1 Å². The van der Waals surface area contributed by atoms with Crippen molar-refractivity contribution in [3.05, 3.63) is 29.8 Å². The van der Waals surface area contributed by atoms with E-state index in [2.05, 4.69) is 25.9 Å². The second-order valence-electron chi connectivity index (χ2n) is 6.68. The van der Waals surface area contributed by atoms with Crippen molar-refractivity contribution in [2.24, 2.45) is 11.7 Å². The highest BCUT2D eigenvalue weighted by atomic mass is 16.3. The van der Waals surface area contributed by atoms with Gasteiger partial charge in [0.2, 0.25) is 0 Å². The number of rotatable bonds is 4. The molecule has 1 saturated carbocycles. The number of nitrogens with zero attached hydrogens (tertiary/aromatic N) is 1. The lowest BCUT2D eigenvalue weighted by atomic mass is 9.70. The molecule has 0 amide bonds. The number of likely N-dealkylation sites (N-methyl/N-ethyl adjacent to an activating group) is 1. The van der Waals surface area contributed by atoms with Crippen molar-refractivity contribution in [3.8, 4) is 5.75 Å². The minimum atomic E-state index is 0.107. The van der Waals surface area contributed by atoms with Crippen LogP contribution in [0.1, 0.15) is 38.2 Å². The summed E-state index contributed by atoms with van der Waals surface area (Å²) in [6, 6.07) is 7.57. The molecule has 3 unspecified atom stereocenters. The maximum atomic E-state index is 9.37. The Morgan fingerprint density at radius 3 is 2.55 bits per heavy atom. The lowest BCUT2D eigenvalue weighted by molar-refractivity contribution is 0.0504. The molecule has 0 aromatic heterocycles. The fourth-order valence-electron chi connectivity index (χ4n) is 3.71. The largest absolute Gasteiger partial charge is 0.508 e. The van der Waals surface area contributed by atoms with Crippen LogP contribution in [0.3, 0.4) is 0 Å². The zero-order valence-corrected chi connectivity index (χ0v) is 13.0. The zero-order chi connectivity index (χ0) is 14.8. The van der Waals surface area contributed by atoms with Gasteiger partial charge in [0.25, 0.3) is 0 Å². The quantitative estimate of drug-likeness (QED) is 0.889. The van der Waals surface area contributed by atoms with Gasteiger partial charge in [0, 0.05) is 11.6 Å². The third-order valence-corrected chi connectivity index (χ3v) is 4.98. The average Bonchev–Trinajstić information content (AvgIpc) is 2.41. The van der Waals surface area contributed by atoms with E-state index < -0.39 is 0 Å². The van der Waals surface area contributed by atoms with E-state index in [9.17, 15) is 5.11 Å². The van der Waals surface area contributed by atoms with Crippen LogP contribution in [0.2, 0.25) is 0 Å². The highest BCUT2D eigenvalue weighted by Gasteiger charge is 2.41. The molecule has 0 spiro atoms. The number of aromatic hydroxyl groups is 1. The molecule has 0 heterocycles. The van der Waals surface area contributed by atoms with E-state index in [1.165, 1.54) is 31.2 Å². The van der Waals surface area contributed by atoms with E-state index in [-0.39, 0.29) is 11.6 Å². The highest BCUT2D eigenvalue weighted by molar-refractivity contribution is 5.27. The molecule has 1 fully saturated rings. The van der Waals surface area contributed by atoms with E-state index >= 15 is 0 Å². The molecule has 0 radical (unpaired) electrons. The van der Waals surface area contributed by atoms with Gasteiger partial charge in [0.15, 0.2) is 0 Å². The molecule has 1 aromatic rings. The number of hydrogen-bond donors (Lipinski definition) is 2. The van der Waals surface area contributed by atoms with Gasteiger partial charge in [-0.3, -0.25) is 0 Å². The van der Waals surface area contributed by atoms with Crippen LogP contribution in [-0.2, 0) is 6.42 Å². The molecule has 1 aromatic carbocycles. The first-order valence-electron chi connectivity index (χ1n) is 7.65. The van der Waals surface area contributed by atoms with E-state index in [1.54, 1.807) is 12.1 Å². The fourth-order valence-corrected chi connectivity index (χ4v) is 3.71.